The van der Waals surface area contributed by atoms with Crippen LogP contribution in [0.1, 0.15) is 58.3 Å². The Labute approximate surface area is 133 Å². The van der Waals surface area contributed by atoms with Crippen LogP contribution in [0.3, 0.4) is 0 Å². The van der Waals surface area contributed by atoms with Crippen molar-refractivity contribution in [1.29, 1.82) is 0 Å². The molecule has 0 aromatic heterocycles. The van der Waals surface area contributed by atoms with Gasteiger partial charge in [0.25, 0.3) is 0 Å². The first-order valence-electron chi connectivity index (χ1n) is 9.17. The summed E-state index contributed by atoms with van der Waals surface area (Å²) in [6, 6.07) is 0.261. The summed E-state index contributed by atoms with van der Waals surface area (Å²) in [6.07, 6.45) is 9.58. The standard InChI is InChI=1S/C18H30N2O2/c1-12(20-16(21)18(19)2-4-22-5-3-18)17-9-13-6-14(10-17)8-15(7-13)11-17/h12-15H,2-11,19H2,1H3,(H,20,21). The molecular weight excluding hydrogens is 276 g/mol. The first-order valence-corrected chi connectivity index (χ1v) is 9.17. The number of hydrogen-bond donors (Lipinski definition) is 2. The van der Waals surface area contributed by atoms with Gasteiger partial charge >= 0.3 is 0 Å². The Morgan fingerprint density at radius 1 is 1.09 bits per heavy atom. The maximum absolute atomic E-state index is 12.7. The molecule has 0 spiro atoms. The second-order valence-electron chi connectivity index (χ2n) is 8.74. The number of nitrogens with one attached hydrogen (secondary N) is 1. The number of nitrogens with two attached hydrogens (primary N) is 1. The van der Waals surface area contributed by atoms with E-state index >= 15 is 0 Å². The second-order valence-corrected chi connectivity index (χ2v) is 8.74. The smallest absolute Gasteiger partial charge is 0.240 e. The van der Waals surface area contributed by atoms with Crippen LogP contribution in [-0.2, 0) is 9.53 Å². The van der Waals surface area contributed by atoms with Gasteiger partial charge in [-0.15, -0.1) is 0 Å². The van der Waals surface area contributed by atoms with Gasteiger partial charge < -0.3 is 15.8 Å². The van der Waals surface area contributed by atoms with Crippen molar-refractivity contribution >= 4 is 5.91 Å². The van der Waals surface area contributed by atoms with Crippen LogP contribution in [-0.4, -0.2) is 30.7 Å². The molecule has 0 aromatic carbocycles. The van der Waals surface area contributed by atoms with Crippen LogP contribution >= 0.6 is 0 Å². The fraction of sp³-hybridized carbons (Fsp3) is 0.944. The molecule has 1 heterocycles. The lowest BCUT2D eigenvalue weighted by atomic mass is 9.48. The van der Waals surface area contributed by atoms with E-state index in [2.05, 4.69) is 12.2 Å². The van der Waals surface area contributed by atoms with Crippen LogP contribution in [0, 0.1) is 23.2 Å². The highest BCUT2D eigenvalue weighted by molar-refractivity contribution is 5.86. The van der Waals surface area contributed by atoms with Gasteiger partial charge in [-0.1, -0.05) is 0 Å². The van der Waals surface area contributed by atoms with Gasteiger partial charge in [0.2, 0.25) is 5.91 Å². The van der Waals surface area contributed by atoms with Crippen LogP contribution in [0.2, 0.25) is 0 Å². The van der Waals surface area contributed by atoms with Gasteiger partial charge in [-0.3, -0.25) is 4.79 Å². The molecule has 5 rings (SSSR count). The van der Waals surface area contributed by atoms with Gasteiger partial charge in [0.05, 0.1) is 5.54 Å². The molecule has 4 nitrogen and oxygen atoms in total. The van der Waals surface area contributed by atoms with Crippen LogP contribution in [0.5, 0.6) is 0 Å². The molecule has 1 aliphatic heterocycles. The van der Waals surface area contributed by atoms with Crippen molar-refractivity contribution in [2.24, 2.45) is 28.9 Å². The second kappa shape index (κ2) is 5.20. The monoisotopic (exact) mass is 306 g/mol. The molecule has 4 bridgehead atoms. The van der Waals surface area contributed by atoms with E-state index < -0.39 is 5.54 Å². The summed E-state index contributed by atoms with van der Waals surface area (Å²) in [7, 11) is 0. The van der Waals surface area contributed by atoms with E-state index in [1.165, 1.54) is 38.5 Å². The molecule has 4 aliphatic carbocycles. The van der Waals surface area contributed by atoms with Crippen molar-refractivity contribution in [2.45, 2.75) is 69.9 Å². The molecule has 4 heteroatoms. The average molecular weight is 306 g/mol. The SMILES string of the molecule is CC(NC(=O)C1(N)CCOCC1)C12CC3CC(CC(C3)C1)C2. The third kappa shape index (κ3) is 2.39. The largest absolute Gasteiger partial charge is 0.381 e. The predicted octanol–water partition coefficient (Wildman–Crippen LogP) is 2.22. The molecule has 5 fully saturated rings. The van der Waals surface area contributed by atoms with E-state index in [1.807, 2.05) is 0 Å². The third-order valence-electron chi connectivity index (χ3n) is 7.19. The van der Waals surface area contributed by atoms with Crippen LogP contribution < -0.4 is 11.1 Å². The summed E-state index contributed by atoms with van der Waals surface area (Å²) in [5.74, 6) is 2.81. The van der Waals surface area contributed by atoms with Crippen molar-refractivity contribution in [2.75, 3.05) is 13.2 Å². The Hall–Kier alpha value is -0.610. The van der Waals surface area contributed by atoms with Crippen molar-refractivity contribution in [3.63, 3.8) is 0 Å². The van der Waals surface area contributed by atoms with E-state index in [4.69, 9.17) is 10.5 Å². The maximum Gasteiger partial charge on any atom is 0.240 e. The Bertz CT molecular complexity index is 421. The molecule has 22 heavy (non-hydrogen) atoms. The van der Waals surface area contributed by atoms with Gasteiger partial charge in [0.15, 0.2) is 0 Å². The predicted molar refractivity (Wildman–Crippen MR) is 85.2 cm³/mol. The highest BCUT2D eigenvalue weighted by atomic mass is 16.5. The van der Waals surface area contributed by atoms with E-state index in [-0.39, 0.29) is 11.9 Å². The minimum absolute atomic E-state index is 0.0547. The number of ether oxygens (including phenoxy) is 1. The van der Waals surface area contributed by atoms with E-state index in [1.54, 1.807) is 0 Å². The number of carbonyl (C=O) groups excluding carboxylic acids is 1. The molecule has 124 valence electrons. The topological polar surface area (TPSA) is 64.4 Å². The zero-order valence-electron chi connectivity index (χ0n) is 13.8. The van der Waals surface area contributed by atoms with Gasteiger partial charge in [0.1, 0.15) is 0 Å². The van der Waals surface area contributed by atoms with E-state index in [0.717, 1.165) is 17.8 Å². The van der Waals surface area contributed by atoms with E-state index in [9.17, 15) is 4.79 Å². The van der Waals surface area contributed by atoms with Gasteiger partial charge in [-0.25, -0.2) is 0 Å². The number of hydrogen-bond acceptors (Lipinski definition) is 3. The van der Waals surface area contributed by atoms with Crippen molar-refractivity contribution in [3.8, 4) is 0 Å². The molecule has 4 saturated carbocycles. The summed E-state index contributed by atoms with van der Waals surface area (Å²) in [6.45, 7) is 3.44. The normalized spacial score (nSPS) is 43.8. The molecule has 0 radical (unpaired) electrons. The first kappa shape index (κ1) is 14.9. The summed E-state index contributed by atoms with van der Waals surface area (Å²) in [5.41, 5.74) is 5.99. The Morgan fingerprint density at radius 2 is 1.59 bits per heavy atom. The van der Waals surface area contributed by atoms with Gasteiger partial charge in [-0.2, -0.15) is 0 Å². The number of rotatable bonds is 3. The summed E-state index contributed by atoms with van der Waals surface area (Å²) in [5, 5.41) is 3.33. The van der Waals surface area contributed by atoms with Gasteiger partial charge in [0, 0.05) is 19.3 Å². The van der Waals surface area contributed by atoms with Crippen LogP contribution in [0.25, 0.3) is 0 Å². The molecule has 3 N–H and O–H groups in total. The van der Waals surface area contributed by atoms with Crippen LogP contribution in [0.15, 0.2) is 0 Å². The van der Waals surface area contributed by atoms with Crippen LogP contribution in [0.4, 0.5) is 0 Å². The first-order chi connectivity index (χ1) is 10.5. The summed E-state index contributed by atoms with van der Waals surface area (Å²) >= 11 is 0. The zero-order chi connectivity index (χ0) is 15.4. The van der Waals surface area contributed by atoms with Crippen molar-refractivity contribution < 1.29 is 9.53 Å². The highest BCUT2D eigenvalue weighted by Crippen LogP contribution is 2.61. The number of carbonyl (C=O) groups is 1. The summed E-state index contributed by atoms with van der Waals surface area (Å²) in [4.78, 5) is 12.7. The molecular formula is C18H30N2O2. The zero-order valence-corrected chi connectivity index (χ0v) is 13.8. The van der Waals surface area contributed by atoms with Crippen molar-refractivity contribution in [1.82, 2.24) is 5.32 Å². The molecule has 1 saturated heterocycles. The lowest BCUT2D eigenvalue weighted by molar-refractivity contribution is -0.134. The number of amides is 1. The van der Waals surface area contributed by atoms with Crippen molar-refractivity contribution in [3.05, 3.63) is 0 Å². The summed E-state index contributed by atoms with van der Waals surface area (Å²) < 4.78 is 5.36. The maximum atomic E-state index is 12.7. The fourth-order valence-electron chi connectivity index (χ4n) is 6.16. The molecule has 5 aliphatic rings. The minimum atomic E-state index is -0.713. The third-order valence-corrected chi connectivity index (χ3v) is 7.19. The Morgan fingerprint density at radius 3 is 2.09 bits per heavy atom. The average Bonchev–Trinajstić information content (AvgIpc) is 2.46. The fourth-order valence-corrected chi connectivity index (χ4v) is 6.16. The minimum Gasteiger partial charge on any atom is -0.381 e. The molecule has 1 amide bonds. The Balaban J connectivity index is 1.45. The quantitative estimate of drug-likeness (QED) is 0.840. The lowest BCUT2D eigenvalue weighted by Crippen LogP contribution is -2.62. The lowest BCUT2D eigenvalue weighted by Gasteiger charge is -2.59. The molecule has 1 atom stereocenters. The highest BCUT2D eigenvalue weighted by Gasteiger charge is 2.53. The Kier molecular flexibility index (Phi) is 3.53. The molecule has 1 unspecified atom stereocenters. The van der Waals surface area contributed by atoms with Gasteiger partial charge in [-0.05, 0) is 81.5 Å². The molecule has 0 aromatic rings. The van der Waals surface area contributed by atoms with E-state index in [0.29, 0.717) is 31.5 Å².